The Morgan fingerprint density at radius 1 is 1.09 bits per heavy atom. The van der Waals surface area contributed by atoms with Crippen LogP contribution in [0.1, 0.15) is 37.7 Å². The van der Waals surface area contributed by atoms with Crippen molar-refractivity contribution in [3.63, 3.8) is 0 Å². The van der Waals surface area contributed by atoms with Gasteiger partial charge >= 0.3 is 0 Å². The predicted molar refractivity (Wildman–Crippen MR) is 119 cm³/mol. The van der Waals surface area contributed by atoms with Gasteiger partial charge in [0.15, 0.2) is 0 Å². The summed E-state index contributed by atoms with van der Waals surface area (Å²) in [5.74, 6) is -1.16. The zero-order valence-corrected chi connectivity index (χ0v) is 18.6. The number of hydrogen-bond donors (Lipinski definition) is 1. The van der Waals surface area contributed by atoms with Gasteiger partial charge in [0.2, 0.25) is 11.8 Å². The number of benzene rings is 1. The van der Waals surface area contributed by atoms with Gasteiger partial charge in [-0.05, 0) is 30.2 Å². The average molecular weight is 458 g/mol. The lowest BCUT2D eigenvalue weighted by Crippen LogP contribution is -2.45. The van der Waals surface area contributed by atoms with E-state index >= 15 is 0 Å². The summed E-state index contributed by atoms with van der Waals surface area (Å²) >= 11 is 0.691. The summed E-state index contributed by atoms with van der Waals surface area (Å²) in [6.45, 7) is 0.994. The molecular weight excluding hydrogens is 430 g/mol. The van der Waals surface area contributed by atoms with Crippen LogP contribution in [-0.2, 0) is 25.7 Å². The second-order valence-corrected chi connectivity index (χ2v) is 9.34. The van der Waals surface area contributed by atoms with Crippen molar-refractivity contribution in [2.45, 2.75) is 50.9 Å². The largest absolute Gasteiger partial charge is 0.370 e. The molecular formula is C23H27N3O5S. The molecule has 4 amide bonds. The second kappa shape index (κ2) is 10.3. The van der Waals surface area contributed by atoms with Gasteiger partial charge in [-0.2, -0.15) is 0 Å². The van der Waals surface area contributed by atoms with Crippen LogP contribution in [0, 0.1) is 0 Å². The lowest BCUT2D eigenvalue weighted by molar-refractivity contribution is -0.138. The highest BCUT2D eigenvalue weighted by atomic mass is 32.2. The molecule has 9 heteroatoms. The standard InChI is InChI=1S/C23H27N3O5S/c27-20(11-19-22(29)24-23(30)32-19)25-12-18(31-15-16-7-3-1-4-8-16)13-26(21(28)14-25)17-9-5-2-6-10-17/h1,3-4,7-8,11,17-18H,2,5-6,9-10,12-15H2,(H,24,29,30). The summed E-state index contributed by atoms with van der Waals surface area (Å²) in [7, 11) is 0. The fraction of sp³-hybridized carbons (Fsp3) is 0.478. The Bertz CT molecular complexity index is 913. The maximum atomic E-state index is 13.1. The number of imide groups is 1. The van der Waals surface area contributed by atoms with Crippen molar-refractivity contribution in [1.82, 2.24) is 15.1 Å². The van der Waals surface area contributed by atoms with Crippen molar-refractivity contribution in [3.05, 3.63) is 46.9 Å². The molecule has 1 saturated carbocycles. The molecule has 0 radical (unpaired) electrons. The quantitative estimate of drug-likeness (QED) is 0.683. The summed E-state index contributed by atoms with van der Waals surface area (Å²) in [5, 5.41) is 1.63. The van der Waals surface area contributed by atoms with E-state index in [9.17, 15) is 19.2 Å². The van der Waals surface area contributed by atoms with Gasteiger partial charge in [-0.3, -0.25) is 24.5 Å². The van der Waals surface area contributed by atoms with E-state index in [4.69, 9.17) is 4.74 Å². The Kier molecular flexibility index (Phi) is 7.26. The Balaban J connectivity index is 1.51. The lowest BCUT2D eigenvalue weighted by Gasteiger charge is -2.34. The minimum absolute atomic E-state index is 0.0441. The topological polar surface area (TPSA) is 96.0 Å². The maximum Gasteiger partial charge on any atom is 0.290 e. The van der Waals surface area contributed by atoms with E-state index in [-0.39, 0.29) is 36.0 Å². The molecule has 1 aromatic carbocycles. The van der Waals surface area contributed by atoms with Gasteiger partial charge < -0.3 is 14.5 Å². The Morgan fingerprint density at radius 2 is 1.84 bits per heavy atom. The van der Waals surface area contributed by atoms with Crippen LogP contribution in [-0.4, -0.2) is 64.5 Å². The molecule has 2 heterocycles. The Morgan fingerprint density at radius 3 is 2.53 bits per heavy atom. The van der Waals surface area contributed by atoms with E-state index in [0.29, 0.717) is 24.9 Å². The zero-order valence-electron chi connectivity index (χ0n) is 17.8. The van der Waals surface area contributed by atoms with Crippen LogP contribution in [0.25, 0.3) is 0 Å². The third kappa shape index (κ3) is 5.58. The monoisotopic (exact) mass is 457 g/mol. The normalized spacial score (nSPS) is 24.1. The molecule has 4 rings (SSSR count). The number of hydrogen-bond acceptors (Lipinski definition) is 6. The van der Waals surface area contributed by atoms with E-state index in [1.807, 2.05) is 35.2 Å². The van der Waals surface area contributed by atoms with Crippen molar-refractivity contribution >= 4 is 34.7 Å². The molecule has 1 atom stereocenters. The molecule has 8 nitrogen and oxygen atoms in total. The van der Waals surface area contributed by atoms with E-state index in [1.165, 1.54) is 11.3 Å². The van der Waals surface area contributed by atoms with E-state index in [0.717, 1.165) is 37.3 Å². The van der Waals surface area contributed by atoms with Crippen LogP contribution in [0.3, 0.4) is 0 Å². The number of nitrogens with one attached hydrogen (secondary N) is 1. The third-order valence-electron chi connectivity index (χ3n) is 6.02. The number of rotatable bonds is 5. The molecule has 3 aliphatic rings. The number of thioether (sulfide) groups is 1. The van der Waals surface area contributed by atoms with Crippen molar-refractivity contribution in [2.75, 3.05) is 19.6 Å². The molecule has 2 saturated heterocycles. The molecule has 1 aliphatic carbocycles. The third-order valence-corrected chi connectivity index (χ3v) is 6.83. The smallest absolute Gasteiger partial charge is 0.290 e. The molecule has 32 heavy (non-hydrogen) atoms. The number of carbonyl (C=O) groups excluding carboxylic acids is 4. The first-order valence-corrected chi connectivity index (χ1v) is 11.8. The molecule has 1 unspecified atom stereocenters. The molecule has 170 valence electrons. The van der Waals surface area contributed by atoms with Gasteiger partial charge in [-0.1, -0.05) is 49.6 Å². The summed E-state index contributed by atoms with van der Waals surface area (Å²) in [5.41, 5.74) is 1.02. The fourth-order valence-corrected chi connectivity index (χ4v) is 5.02. The number of carbonyl (C=O) groups is 4. The molecule has 0 spiro atoms. The highest BCUT2D eigenvalue weighted by Gasteiger charge is 2.35. The van der Waals surface area contributed by atoms with Gasteiger partial charge in [-0.25, -0.2) is 0 Å². The second-order valence-electron chi connectivity index (χ2n) is 8.33. The van der Waals surface area contributed by atoms with Gasteiger partial charge in [0.25, 0.3) is 11.1 Å². The number of nitrogens with zero attached hydrogens (tertiary/aromatic N) is 2. The average Bonchev–Trinajstić information content (AvgIpc) is 3.01. The first kappa shape index (κ1) is 22.5. The predicted octanol–water partition coefficient (Wildman–Crippen LogP) is 2.44. The highest BCUT2D eigenvalue weighted by Crippen LogP contribution is 2.26. The molecule has 0 bridgehead atoms. The number of ether oxygens (including phenoxy) is 1. The Hall–Kier alpha value is -2.65. The maximum absolute atomic E-state index is 13.1. The summed E-state index contributed by atoms with van der Waals surface area (Å²) in [4.78, 5) is 52.6. The van der Waals surface area contributed by atoms with Gasteiger partial charge in [0, 0.05) is 25.2 Å². The lowest BCUT2D eigenvalue weighted by atomic mass is 9.94. The minimum atomic E-state index is -0.588. The molecule has 1 N–H and O–H groups in total. The first-order valence-electron chi connectivity index (χ1n) is 11.0. The summed E-state index contributed by atoms with van der Waals surface area (Å²) in [6.07, 6.45) is 6.10. The van der Waals surface area contributed by atoms with E-state index < -0.39 is 17.1 Å². The van der Waals surface area contributed by atoms with Gasteiger partial charge in [0.05, 0.1) is 17.6 Å². The number of amides is 4. The molecule has 2 aliphatic heterocycles. The van der Waals surface area contributed by atoms with Gasteiger partial charge in [-0.15, -0.1) is 0 Å². The first-order chi connectivity index (χ1) is 15.5. The zero-order chi connectivity index (χ0) is 22.5. The highest BCUT2D eigenvalue weighted by molar-refractivity contribution is 8.18. The van der Waals surface area contributed by atoms with Gasteiger partial charge in [0.1, 0.15) is 6.54 Å². The summed E-state index contributed by atoms with van der Waals surface area (Å²) in [6, 6.07) is 9.94. The molecule has 0 aromatic heterocycles. The van der Waals surface area contributed by atoms with Crippen molar-refractivity contribution < 1.29 is 23.9 Å². The van der Waals surface area contributed by atoms with Crippen molar-refractivity contribution in [2.24, 2.45) is 0 Å². The van der Waals surface area contributed by atoms with Crippen LogP contribution in [0.5, 0.6) is 0 Å². The van der Waals surface area contributed by atoms with E-state index in [2.05, 4.69) is 5.32 Å². The van der Waals surface area contributed by atoms with Crippen LogP contribution in [0.15, 0.2) is 41.3 Å². The SMILES string of the molecule is O=C1NC(=O)C(=CC(=O)N2CC(=O)N(C3CCCCC3)CC(OCc3ccccc3)C2)S1. The van der Waals surface area contributed by atoms with E-state index in [1.54, 1.807) is 0 Å². The Labute approximate surface area is 191 Å². The molecule has 1 aromatic rings. The fourth-order valence-electron chi connectivity index (χ4n) is 4.37. The van der Waals surface area contributed by atoms with Crippen LogP contribution < -0.4 is 5.32 Å². The van der Waals surface area contributed by atoms with Crippen LogP contribution >= 0.6 is 11.8 Å². The molecule has 3 fully saturated rings. The van der Waals surface area contributed by atoms with Crippen LogP contribution in [0.2, 0.25) is 0 Å². The van der Waals surface area contributed by atoms with Crippen molar-refractivity contribution in [1.29, 1.82) is 0 Å². The van der Waals surface area contributed by atoms with Crippen LogP contribution in [0.4, 0.5) is 4.79 Å². The summed E-state index contributed by atoms with van der Waals surface area (Å²) < 4.78 is 6.16. The minimum Gasteiger partial charge on any atom is -0.370 e. The van der Waals surface area contributed by atoms with Crippen molar-refractivity contribution in [3.8, 4) is 0 Å².